The predicted molar refractivity (Wildman–Crippen MR) is 36.6 cm³/mol. The number of carbonyl (C=O) groups is 1. The third-order valence-corrected chi connectivity index (χ3v) is 0.770. The largest absolute Gasteiger partial charge is 0.464 e. The van der Waals surface area contributed by atoms with Gasteiger partial charge in [-0.05, 0) is 0 Å². The lowest BCUT2D eigenvalue weighted by Crippen LogP contribution is -2.14. The highest BCUT2D eigenvalue weighted by Gasteiger charge is 2.10. The Morgan fingerprint density at radius 1 is 1.58 bits per heavy atom. The quantitative estimate of drug-likeness (QED) is 0.246. The standard InChI is InChI=1S/C6H5N3O3/c1-11-6(10)5(4-8)9-12-3-2-7/h3H2,1H3. The fourth-order valence-electron chi connectivity index (χ4n) is 0.326. The van der Waals surface area contributed by atoms with Gasteiger partial charge >= 0.3 is 5.97 Å². The van der Waals surface area contributed by atoms with Crippen LogP contribution in [-0.4, -0.2) is 25.4 Å². The van der Waals surface area contributed by atoms with E-state index < -0.39 is 11.7 Å². The van der Waals surface area contributed by atoms with Crippen LogP contribution in [0, 0.1) is 22.7 Å². The van der Waals surface area contributed by atoms with Crippen molar-refractivity contribution in [1.82, 2.24) is 0 Å². The second-order valence-electron chi connectivity index (χ2n) is 1.47. The molecule has 6 heteroatoms. The van der Waals surface area contributed by atoms with Crippen LogP contribution in [-0.2, 0) is 14.4 Å². The van der Waals surface area contributed by atoms with Gasteiger partial charge in [0.2, 0.25) is 6.61 Å². The molecule has 0 atom stereocenters. The number of ether oxygens (including phenoxy) is 1. The summed E-state index contributed by atoms with van der Waals surface area (Å²) in [5.41, 5.74) is -0.521. The Labute approximate surface area is 68.6 Å². The molecule has 0 unspecified atom stereocenters. The number of hydrogen-bond donors (Lipinski definition) is 0. The molecule has 0 spiro atoms. The first kappa shape index (κ1) is 9.92. The molecule has 0 bridgehead atoms. The maximum Gasteiger partial charge on any atom is 0.371 e. The first-order chi connectivity index (χ1) is 5.76. The van der Waals surface area contributed by atoms with E-state index in [0.29, 0.717) is 0 Å². The van der Waals surface area contributed by atoms with Crippen LogP contribution in [0.5, 0.6) is 0 Å². The van der Waals surface area contributed by atoms with Crippen LogP contribution in [0.2, 0.25) is 0 Å². The highest BCUT2D eigenvalue weighted by Crippen LogP contribution is 1.83. The van der Waals surface area contributed by atoms with Crippen LogP contribution >= 0.6 is 0 Å². The Balaban J connectivity index is 4.18. The fraction of sp³-hybridized carbons (Fsp3) is 0.333. The molecule has 0 N–H and O–H groups in total. The summed E-state index contributed by atoms with van der Waals surface area (Å²) in [4.78, 5) is 14.9. The molecule has 0 aromatic carbocycles. The summed E-state index contributed by atoms with van der Waals surface area (Å²) in [6.45, 7) is -0.317. The van der Waals surface area contributed by atoms with E-state index in [2.05, 4.69) is 14.7 Å². The van der Waals surface area contributed by atoms with Crippen LogP contribution in [0.25, 0.3) is 0 Å². The molecule has 0 aliphatic heterocycles. The van der Waals surface area contributed by atoms with Gasteiger partial charge in [-0.2, -0.15) is 10.5 Å². The van der Waals surface area contributed by atoms with E-state index in [4.69, 9.17) is 10.5 Å². The summed E-state index contributed by atoms with van der Waals surface area (Å²) in [6.07, 6.45) is 0. The monoisotopic (exact) mass is 167 g/mol. The lowest BCUT2D eigenvalue weighted by atomic mass is 10.4. The van der Waals surface area contributed by atoms with Crippen molar-refractivity contribution < 1.29 is 14.4 Å². The summed E-state index contributed by atoms with van der Waals surface area (Å²) in [5.74, 6) is -0.893. The minimum Gasteiger partial charge on any atom is -0.464 e. The number of methoxy groups -OCH3 is 1. The van der Waals surface area contributed by atoms with E-state index in [0.717, 1.165) is 7.11 Å². The molecule has 12 heavy (non-hydrogen) atoms. The van der Waals surface area contributed by atoms with Crippen molar-refractivity contribution in [1.29, 1.82) is 10.5 Å². The molecule has 0 amide bonds. The van der Waals surface area contributed by atoms with Crippen molar-refractivity contribution >= 4 is 11.7 Å². The lowest BCUT2D eigenvalue weighted by Gasteiger charge is -1.93. The van der Waals surface area contributed by atoms with Crippen molar-refractivity contribution in [2.45, 2.75) is 0 Å². The van der Waals surface area contributed by atoms with Crippen LogP contribution < -0.4 is 0 Å². The van der Waals surface area contributed by atoms with E-state index in [1.165, 1.54) is 6.07 Å². The second-order valence-corrected chi connectivity index (χ2v) is 1.47. The highest BCUT2D eigenvalue weighted by atomic mass is 16.6. The Morgan fingerprint density at radius 3 is 2.67 bits per heavy atom. The SMILES string of the molecule is COC(=O)C(C#N)=NOCC#N. The summed E-state index contributed by atoms with van der Waals surface area (Å²) < 4.78 is 4.18. The van der Waals surface area contributed by atoms with Gasteiger partial charge in [0, 0.05) is 0 Å². The van der Waals surface area contributed by atoms with E-state index in [1.54, 1.807) is 6.07 Å². The van der Waals surface area contributed by atoms with Crippen molar-refractivity contribution in [2.24, 2.45) is 5.16 Å². The molecule has 6 nitrogen and oxygen atoms in total. The molecule has 0 aliphatic carbocycles. The van der Waals surface area contributed by atoms with Crippen LogP contribution in [0.1, 0.15) is 0 Å². The molecule has 0 heterocycles. The molecule has 62 valence electrons. The average molecular weight is 167 g/mol. The van der Waals surface area contributed by atoms with E-state index in [1.807, 2.05) is 0 Å². The molecular weight excluding hydrogens is 162 g/mol. The Morgan fingerprint density at radius 2 is 2.25 bits per heavy atom. The number of oxime groups is 1. The van der Waals surface area contributed by atoms with Gasteiger partial charge in [-0.3, -0.25) is 0 Å². The second kappa shape index (κ2) is 5.69. The fourth-order valence-corrected chi connectivity index (χ4v) is 0.326. The van der Waals surface area contributed by atoms with Gasteiger partial charge in [-0.15, -0.1) is 0 Å². The maximum atomic E-state index is 10.6. The zero-order chi connectivity index (χ0) is 9.40. The van der Waals surface area contributed by atoms with Crippen LogP contribution in [0.15, 0.2) is 5.16 Å². The minimum absolute atomic E-state index is 0.317. The van der Waals surface area contributed by atoms with Gasteiger partial charge in [0.15, 0.2) is 0 Å². The Bertz CT molecular complexity index is 271. The van der Waals surface area contributed by atoms with Gasteiger partial charge in [-0.1, -0.05) is 5.16 Å². The van der Waals surface area contributed by atoms with Gasteiger partial charge in [0.05, 0.1) is 7.11 Å². The number of carbonyl (C=O) groups excluding carboxylic acids is 1. The molecule has 0 aromatic rings. The summed E-state index contributed by atoms with van der Waals surface area (Å²) in [6, 6.07) is 3.07. The van der Waals surface area contributed by atoms with E-state index in [9.17, 15) is 4.79 Å². The molecule has 0 rings (SSSR count). The molecule has 0 saturated heterocycles. The van der Waals surface area contributed by atoms with Crippen molar-refractivity contribution in [3.05, 3.63) is 0 Å². The van der Waals surface area contributed by atoms with Gasteiger partial charge in [-0.25, -0.2) is 4.79 Å². The maximum absolute atomic E-state index is 10.6. The smallest absolute Gasteiger partial charge is 0.371 e. The predicted octanol–water partition coefficient (Wildman–Crippen LogP) is -0.421. The third-order valence-electron chi connectivity index (χ3n) is 0.770. The van der Waals surface area contributed by atoms with Crippen molar-refractivity contribution in [3.63, 3.8) is 0 Å². The Kier molecular flexibility index (Phi) is 4.70. The van der Waals surface area contributed by atoms with Crippen molar-refractivity contribution in [3.8, 4) is 12.1 Å². The lowest BCUT2D eigenvalue weighted by molar-refractivity contribution is -0.132. The first-order valence-corrected chi connectivity index (χ1v) is 2.81. The number of nitriles is 2. The van der Waals surface area contributed by atoms with Crippen molar-refractivity contribution in [2.75, 3.05) is 13.7 Å². The summed E-state index contributed by atoms with van der Waals surface area (Å²) in [7, 11) is 1.11. The molecule has 0 aromatic heterocycles. The van der Waals surface area contributed by atoms with Crippen LogP contribution in [0.4, 0.5) is 0 Å². The van der Waals surface area contributed by atoms with Gasteiger partial charge < -0.3 is 9.57 Å². The average Bonchev–Trinajstić information content (AvgIpc) is 2.11. The zero-order valence-corrected chi connectivity index (χ0v) is 6.27. The van der Waals surface area contributed by atoms with Gasteiger partial charge in [0.1, 0.15) is 12.1 Å². The molecule has 0 radical (unpaired) electrons. The highest BCUT2D eigenvalue weighted by molar-refractivity contribution is 6.42. The molecular formula is C6H5N3O3. The normalized spacial score (nSPS) is 9.42. The molecule has 0 fully saturated rings. The molecule has 0 aliphatic rings. The zero-order valence-electron chi connectivity index (χ0n) is 6.27. The minimum atomic E-state index is -0.893. The van der Waals surface area contributed by atoms with Gasteiger partial charge in [0.25, 0.3) is 5.71 Å². The third kappa shape index (κ3) is 3.18. The first-order valence-electron chi connectivity index (χ1n) is 2.81. The van der Waals surface area contributed by atoms with Crippen LogP contribution in [0.3, 0.4) is 0 Å². The topological polar surface area (TPSA) is 95.5 Å². The molecule has 0 saturated carbocycles. The summed E-state index contributed by atoms with van der Waals surface area (Å²) >= 11 is 0. The van der Waals surface area contributed by atoms with E-state index in [-0.39, 0.29) is 6.61 Å². The number of esters is 1. The number of hydrogen-bond acceptors (Lipinski definition) is 6. The Hall–Kier alpha value is -2.08. The number of rotatable bonds is 3. The summed E-state index contributed by atoms with van der Waals surface area (Å²) in [5, 5.41) is 19.3. The number of nitrogens with zero attached hydrogens (tertiary/aromatic N) is 3. The van der Waals surface area contributed by atoms with E-state index >= 15 is 0 Å².